The Kier molecular flexibility index (Phi) is 5.24. The molecule has 4 nitrogen and oxygen atoms in total. The Morgan fingerprint density at radius 2 is 2.00 bits per heavy atom. The highest BCUT2D eigenvalue weighted by atomic mass is 16.6. The highest BCUT2D eigenvalue weighted by Crippen LogP contribution is 2.34. The molecule has 0 saturated heterocycles. The van der Waals surface area contributed by atoms with Crippen LogP contribution in [-0.2, 0) is 0 Å². The molecule has 126 valence electrons. The Bertz CT molecular complexity index is 686. The second-order valence-electron chi connectivity index (χ2n) is 6.63. The Hall–Kier alpha value is -2.23. The fourth-order valence-corrected chi connectivity index (χ4v) is 3.61. The van der Waals surface area contributed by atoms with E-state index in [-0.39, 0.29) is 16.7 Å². The molecular weight excluding hydrogens is 300 g/mol. The van der Waals surface area contributed by atoms with Crippen LogP contribution in [0.1, 0.15) is 51.0 Å². The minimum atomic E-state index is -0.367. The van der Waals surface area contributed by atoms with Gasteiger partial charge in [0.2, 0.25) is 0 Å². The molecule has 0 saturated carbocycles. The maximum Gasteiger partial charge on any atom is 0.269 e. The number of hydrogen-bond acceptors (Lipinski definition) is 3. The molecule has 1 aromatic rings. The van der Waals surface area contributed by atoms with Gasteiger partial charge in [0, 0.05) is 17.7 Å². The molecule has 0 amide bonds. The van der Waals surface area contributed by atoms with Gasteiger partial charge in [0.25, 0.3) is 5.69 Å². The quantitative estimate of drug-likeness (QED) is 0.408. The number of hydrogen-bond donors (Lipinski definition) is 0. The third-order valence-corrected chi connectivity index (χ3v) is 4.97. The smallest absolute Gasteiger partial charge is 0.269 e. The molecular formula is C20H24N2O2. The van der Waals surface area contributed by atoms with E-state index in [9.17, 15) is 10.1 Å². The normalized spacial score (nSPS) is 22.5. The van der Waals surface area contributed by atoms with Gasteiger partial charge in [-0.05, 0) is 49.0 Å². The minimum Gasteiger partial charge on any atom is -0.276 e. The van der Waals surface area contributed by atoms with E-state index in [1.54, 1.807) is 24.3 Å². The number of nitrogens with zero attached hydrogens (tertiary/aromatic N) is 2. The van der Waals surface area contributed by atoms with Crippen LogP contribution >= 0.6 is 0 Å². The number of rotatable bonds is 6. The molecule has 2 atom stereocenters. The first-order valence-electron chi connectivity index (χ1n) is 8.90. The van der Waals surface area contributed by atoms with Crippen molar-refractivity contribution in [3.8, 4) is 0 Å². The van der Waals surface area contributed by atoms with Crippen LogP contribution in [-0.4, -0.2) is 16.7 Å². The van der Waals surface area contributed by atoms with Gasteiger partial charge in [0.1, 0.15) is 0 Å². The summed E-state index contributed by atoms with van der Waals surface area (Å²) in [6, 6.07) is 6.95. The molecule has 0 spiro atoms. The fraction of sp³-hybridized carbons (Fsp3) is 0.450. The average Bonchev–Trinajstić information content (AvgIpc) is 2.62. The van der Waals surface area contributed by atoms with Crippen LogP contribution in [0.4, 0.5) is 5.69 Å². The van der Waals surface area contributed by atoms with Crippen LogP contribution in [0.15, 0.2) is 53.1 Å². The summed E-state index contributed by atoms with van der Waals surface area (Å²) in [5.74, 6) is 0.620. The Morgan fingerprint density at radius 3 is 2.71 bits per heavy atom. The maximum atomic E-state index is 10.8. The zero-order valence-electron chi connectivity index (χ0n) is 14.1. The summed E-state index contributed by atoms with van der Waals surface area (Å²) in [5, 5.41) is 10.8. The standard InChI is InChI=1S/C20H24N2O2/c1-2-3-4-6-16-7-5-8-17-11-14-19(21-20(16)17)15-9-12-18(13-10-15)22(23)24/h8-14,16,20H,2-7H2,1H3. The van der Waals surface area contributed by atoms with Crippen LogP contribution in [0.25, 0.3) is 0 Å². The first-order chi connectivity index (χ1) is 11.7. The van der Waals surface area contributed by atoms with Crippen molar-refractivity contribution in [2.75, 3.05) is 0 Å². The van der Waals surface area contributed by atoms with Gasteiger partial charge in [-0.1, -0.05) is 38.3 Å². The van der Waals surface area contributed by atoms with Gasteiger partial charge in [-0.2, -0.15) is 0 Å². The van der Waals surface area contributed by atoms with Crippen molar-refractivity contribution in [2.45, 2.75) is 51.5 Å². The molecule has 0 radical (unpaired) electrons. The Labute approximate surface area is 143 Å². The molecule has 1 aliphatic carbocycles. The molecule has 4 heteroatoms. The summed E-state index contributed by atoms with van der Waals surface area (Å²) in [6.07, 6.45) is 13.9. The summed E-state index contributed by atoms with van der Waals surface area (Å²) in [7, 11) is 0. The van der Waals surface area contributed by atoms with Crippen molar-refractivity contribution in [1.29, 1.82) is 0 Å². The molecule has 0 N–H and O–H groups in total. The number of dihydropyridines is 1. The number of benzene rings is 1. The average molecular weight is 324 g/mol. The third-order valence-electron chi connectivity index (χ3n) is 4.97. The summed E-state index contributed by atoms with van der Waals surface area (Å²) in [5.41, 5.74) is 3.35. The van der Waals surface area contributed by atoms with Crippen molar-refractivity contribution in [3.63, 3.8) is 0 Å². The van der Waals surface area contributed by atoms with Crippen LogP contribution in [0, 0.1) is 16.0 Å². The minimum absolute atomic E-state index is 0.120. The van der Waals surface area contributed by atoms with E-state index >= 15 is 0 Å². The van der Waals surface area contributed by atoms with Gasteiger partial charge >= 0.3 is 0 Å². The largest absolute Gasteiger partial charge is 0.276 e. The van der Waals surface area contributed by atoms with Gasteiger partial charge in [0.15, 0.2) is 0 Å². The summed E-state index contributed by atoms with van der Waals surface area (Å²) in [6.45, 7) is 2.24. The lowest BCUT2D eigenvalue weighted by molar-refractivity contribution is -0.384. The molecule has 3 rings (SSSR count). The second-order valence-corrected chi connectivity index (χ2v) is 6.63. The van der Waals surface area contributed by atoms with E-state index in [4.69, 9.17) is 4.99 Å². The summed E-state index contributed by atoms with van der Waals surface area (Å²) in [4.78, 5) is 15.4. The molecule has 1 aromatic carbocycles. The number of non-ortho nitro benzene ring substituents is 1. The van der Waals surface area contributed by atoms with E-state index in [2.05, 4.69) is 19.1 Å². The molecule has 1 aliphatic heterocycles. The van der Waals surface area contributed by atoms with E-state index in [1.807, 2.05) is 6.08 Å². The van der Waals surface area contributed by atoms with Crippen LogP contribution < -0.4 is 0 Å². The monoisotopic (exact) mass is 324 g/mol. The second kappa shape index (κ2) is 7.56. The highest BCUT2D eigenvalue weighted by Gasteiger charge is 2.28. The third kappa shape index (κ3) is 3.64. The molecule has 1 heterocycles. The van der Waals surface area contributed by atoms with E-state index in [0.717, 1.165) is 17.7 Å². The summed E-state index contributed by atoms with van der Waals surface area (Å²) < 4.78 is 0. The Balaban J connectivity index is 1.79. The fourth-order valence-electron chi connectivity index (χ4n) is 3.61. The van der Waals surface area contributed by atoms with Crippen molar-refractivity contribution in [2.24, 2.45) is 10.9 Å². The van der Waals surface area contributed by atoms with Gasteiger partial charge in [0.05, 0.1) is 16.7 Å². The summed E-state index contributed by atoms with van der Waals surface area (Å²) >= 11 is 0. The first kappa shape index (κ1) is 16.6. The molecule has 2 unspecified atom stereocenters. The SMILES string of the molecule is CCCCCC1CCC=C2C=CC(c3ccc([N+](=O)[O-])cc3)=NC21. The number of nitro benzene ring substituents is 1. The van der Waals surface area contributed by atoms with Crippen LogP contribution in [0.2, 0.25) is 0 Å². The first-order valence-corrected chi connectivity index (χ1v) is 8.90. The van der Waals surface area contributed by atoms with Crippen molar-refractivity contribution in [1.82, 2.24) is 0 Å². The predicted octanol–water partition coefficient (Wildman–Crippen LogP) is 5.24. The van der Waals surface area contributed by atoms with Gasteiger partial charge in [-0.3, -0.25) is 15.1 Å². The molecule has 0 fully saturated rings. The van der Waals surface area contributed by atoms with E-state index in [0.29, 0.717) is 5.92 Å². The topological polar surface area (TPSA) is 55.5 Å². The molecule has 2 aliphatic rings. The lowest BCUT2D eigenvalue weighted by atomic mass is 9.79. The molecule has 0 bridgehead atoms. The highest BCUT2D eigenvalue weighted by molar-refractivity contribution is 6.09. The van der Waals surface area contributed by atoms with Gasteiger partial charge in [-0.25, -0.2) is 0 Å². The maximum absolute atomic E-state index is 10.8. The number of allylic oxidation sites excluding steroid dienone is 2. The Morgan fingerprint density at radius 1 is 1.21 bits per heavy atom. The zero-order chi connectivity index (χ0) is 16.9. The lowest BCUT2D eigenvalue weighted by Gasteiger charge is -2.31. The zero-order valence-corrected chi connectivity index (χ0v) is 14.1. The van der Waals surface area contributed by atoms with Crippen LogP contribution in [0.5, 0.6) is 0 Å². The molecule has 24 heavy (non-hydrogen) atoms. The van der Waals surface area contributed by atoms with E-state index < -0.39 is 0 Å². The number of unbranched alkanes of at least 4 members (excludes halogenated alkanes) is 2. The van der Waals surface area contributed by atoms with Crippen LogP contribution in [0.3, 0.4) is 0 Å². The molecule has 0 aromatic heterocycles. The van der Waals surface area contributed by atoms with Crippen molar-refractivity contribution < 1.29 is 4.92 Å². The number of nitro groups is 1. The van der Waals surface area contributed by atoms with E-state index in [1.165, 1.54) is 37.7 Å². The number of aliphatic imine (C=N–C) groups is 1. The predicted molar refractivity (Wildman–Crippen MR) is 97.5 cm³/mol. The van der Waals surface area contributed by atoms with Gasteiger partial charge in [-0.15, -0.1) is 0 Å². The van der Waals surface area contributed by atoms with Crippen molar-refractivity contribution >= 4 is 11.4 Å². The van der Waals surface area contributed by atoms with Crippen molar-refractivity contribution in [3.05, 3.63) is 63.7 Å². The number of fused-ring (bicyclic) bond motifs is 1. The lowest BCUT2D eigenvalue weighted by Crippen LogP contribution is -2.27. The van der Waals surface area contributed by atoms with Gasteiger partial charge < -0.3 is 0 Å².